The van der Waals surface area contributed by atoms with Crippen LogP contribution in [0.3, 0.4) is 0 Å². The van der Waals surface area contributed by atoms with Crippen LogP contribution in [0.15, 0.2) is 48.5 Å². The number of ether oxygens (including phenoxy) is 1. The molecule has 1 heterocycles. The first-order valence-corrected chi connectivity index (χ1v) is 7.80. The Morgan fingerprint density at radius 3 is 2.29 bits per heavy atom. The van der Waals surface area contributed by atoms with E-state index in [1.807, 2.05) is 36.4 Å². The second kappa shape index (κ2) is 6.73. The summed E-state index contributed by atoms with van der Waals surface area (Å²) in [5, 5.41) is 21.4. The molecule has 0 bridgehead atoms. The molecular weight excluding hydrogens is 304 g/mol. The van der Waals surface area contributed by atoms with E-state index in [0.29, 0.717) is 30.8 Å². The third kappa shape index (κ3) is 3.24. The lowest BCUT2D eigenvalue weighted by Crippen LogP contribution is -2.39. The second-order valence-electron chi connectivity index (χ2n) is 6.01. The van der Waals surface area contributed by atoms with Crippen LogP contribution in [0.2, 0.25) is 0 Å². The maximum absolute atomic E-state index is 11.5. The molecule has 0 aliphatic carbocycles. The third-order valence-electron chi connectivity index (χ3n) is 4.41. The molecule has 5 heteroatoms. The highest BCUT2D eigenvalue weighted by atomic mass is 16.5. The molecule has 122 valence electrons. The first-order valence-electron chi connectivity index (χ1n) is 7.80. The first-order chi connectivity index (χ1) is 11.6. The van der Waals surface area contributed by atoms with Gasteiger partial charge in [-0.1, -0.05) is 24.3 Å². The van der Waals surface area contributed by atoms with Crippen LogP contribution in [0.25, 0.3) is 11.1 Å². The molecule has 3 rings (SSSR count). The van der Waals surface area contributed by atoms with Gasteiger partial charge >= 0.3 is 5.97 Å². The number of hydrogen-bond acceptors (Lipinski definition) is 4. The zero-order valence-electron chi connectivity index (χ0n) is 13.2. The van der Waals surface area contributed by atoms with Crippen LogP contribution in [-0.2, 0) is 4.79 Å². The molecule has 5 nitrogen and oxygen atoms in total. The predicted molar refractivity (Wildman–Crippen MR) is 89.6 cm³/mol. The highest BCUT2D eigenvalue weighted by molar-refractivity contribution is 5.75. The van der Waals surface area contributed by atoms with Crippen molar-refractivity contribution in [2.75, 3.05) is 19.7 Å². The normalized spacial score (nSPS) is 19.6. The van der Waals surface area contributed by atoms with E-state index in [9.17, 15) is 9.90 Å². The van der Waals surface area contributed by atoms with Crippen LogP contribution >= 0.6 is 0 Å². The molecule has 2 N–H and O–H groups in total. The fourth-order valence-electron chi connectivity index (χ4n) is 2.81. The Labute approximate surface area is 140 Å². The van der Waals surface area contributed by atoms with E-state index in [2.05, 4.69) is 11.4 Å². The van der Waals surface area contributed by atoms with Gasteiger partial charge in [-0.3, -0.25) is 4.79 Å². The standard InChI is InChI=1S/C19H18N2O3/c20-11-14-1-3-15(4-2-14)16-5-7-17(8-6-16)24-13-19(18(22)23)9-10-21-12-19/h1-8,21H,9-10,12-13H2,(H,22,23). The van der Waals surface area contributed by atoms with Crippen molar-refractivity contribution < 1.29 is 14.6 Å². The quantitative estimate of drug-likeness (QED) is 0.884. The molecule has 1 aliphatic heterocycles. The van der Waals surface area contributed by atoms with Crippen LogP contribution in [-0.4, -0.2) is 30.8 Å². The molecule has 0 saturated carbocycles. The summed E-state index contributed by atoms with van der Waals surface area (Å²) < 4.78 is 5.72. The first kappa shape index (κ1) is 16.0. The van der Waals surface area contributed by atoms with Crippen LogP contribution in [0.4, 0.5) is 0 Å². The maximum atomic E-state index is 11.5. The number of nitriles is 1. The topological polar surface area (TPSA) is 82.3 Å². The van der Waals surface area contributed by atoms with Crippen molar-refractivity contribution >= 4 is 5.97 Å². The van der Waals surface area contributed by atoms with Gasteiger partial charge in [0.15, 0.2) is 0 Å². The Morgan fingerprint density at radius 1 is 1.17 bits per heavy atom. The molecule has 2 aromatic rings. The van der Waals surface area contributed by atoms with Crippen molar-refractivity contribution in [2.45, 2.75) is 6.42 Å². The summed E-state index contributed by atoms with van der Waals surface area (Å²) in [5.74, 6) is -0.165. The van der Waals surface area contributed by atoms with Gasteiger partial charge < -0.3 is 15.2 Å². The van der Waals surface area contributed by atoms with Crippen molar-refractivity contribution in [1.82, 2.24) is 5.32 Å². The average Bonchev–Trinajstić information content (AvgIpc) is 3.11. The molecule has 0 aromatic heterocycles. The number of carboxylic acid groups (broad SMARTS) is 1. The van der Waals surface area contributed by atoms with Gasteiger partial charge in [0.05, 0.1) is 11.6 Å². The number of rotatable bonds is 5. The van der Waals surface area contributed by atoms with Gasteiger partial charge in [-0.15, -0.1) is 0 Å². The molecule has 1 saturated heterocycles. The second-order valence-corrected chi connectivity index (χ2v) is 6.01. The molecule has 0 amide bonds. The Morgan fingerprint density at radius 2 is 1.79 bits per heavy atom. The van der Waals surface area contributed by atoms with E-state index in [-0.39, 0.29) is 6.61 Å². The minimum absolute atomic E-state index is 0.158. The monoisotopic (exact) mass is 322 g/mol. The summed E-state index contributed by atoms with van der Waals surface area (Å²) in [7, 11) is 0. The summed E-state index contributed by atoms with van der Waals surface area (Å²) in [5.41, 5.74) is 1.82. The van der Waals surface area contributed by atoms with E-state index in [1.165, 1.54) is 0 Å². The summed E-state index contributed by atoms with van der Waals surface area (Å²) in [6.45, 7) is 1.30. The maximum Gasteiger partial charge on any atom is 0.314 e. The van der Waals surface area contributed by atoms with Gasteiger partial charge in [0.1, 0.15) is 17.8 Å². The van der Waals surface area contributed by atoms with Gasteiger partial charge in [0.25, 0.3) is 0 Å². The number of carboxylic acids is 1. The van der Waals surface area contributed by atoms with Crippen LogP contribution in [0, 0.1) is 16.7 Å². The Kier molecular flexibility index (Phi) is 4.50. The van der Waals surface area contributed by atoms with Crippen molar-refractivity contribution in [3.8, 4) is 22.9 Å². The van der Waals surface area contributed by atoms with Crippen LogP contribution in [0.5, 0.6) is 5.75 Å². The zero-order chi connectivity index (χ0) is 17.0. The fraction of sp³-hybridized carbons (Fsp3) is 0.263. The molecule has 24 heavy (non-hydrogen) atoms. The fourth-order valence-corrected chi connectivity index (χ4v) is 2.81. The van der Waals surface area contributed by atoms with E-state index in [1.54, 1.807) is 12.1 Å². The highest BCUT2D eigenvalue weighted by Crippen LogP contribution is 2.28. The summed E-state index contributed by atoms with van der Waals surface area (Å²) in [4.78, 5) is 11.5. The van der Waals surface area contributed by atoms with Gasteiger partial charge in [-0.05, 0) is 48.4 Å². The van der Waals surface area contributed by atoms with Crippen molar-refractivity contribution in [3.05, 3.63) is 54.1 Å². The van der Waals surface area contributed by atoms with Gasteiger partial charge in [-0.2, -0.15) is 5.26 Å². The summed E-state index contributed by atoms with van der Waals surface area (Å²) in [6.07, 6.45) is 0.575. The van der Waals surface area contributed by atoms with Crippen molar-refractivity contribution in [1.29, 1.82) is 5.26 Å². The number of benzene rings is 2. The summed E-state index contributed by atoms with van der Waals surface area (Å²) >= 11 is 0. The average molecular weight is 322 g/mol. The molecular formula is C19H18N2O3. The van der Waals surface area contributed by atoms with Crippen LogP contribution < -0.4 is 10.1 Å². The Bertz CT molecular complexity index is 755. The van der Waals surface area contributed by atoms with E-state index >= 15 is 0 Å². The van der Waals surface area contributed by atoms with E-state index < -0.39 is 11.4 Å². The van der Waals surface area contributed by atoms with E-state index in [0.717, 1.165) is 11.1 Å². The van der Waals surface area contributed by atoms with Gasteiger partial charge in [-0.25, -0.2) is 0 Å². The molecule has 1 atom stereocenters. The highest BCUT2D eigenvalue weighted by Gasteiger charge is 2.42. The molecule has 0 spiro atoms. The molecule has 2 aromatic carbocycles. The number of nitrogens with one attached hydrogen (secondary N) is 1. The van der Waals surface area contributed by atoms with Crippen molar-refractivity contribution in [3.63, 3.8) is 0 Å². The lowest BCUT2D eigenvalue weighted by Gasteiger charge is -2.23. The van der Waals surface area contributed by atoms with Crippen molar-refractivity contribution in [2.24, 2.45) is 5.41 Å². The van der Waals surface area contributed by atoms with Crippen LogP contribution in [0.1, 0.15) is 12.0 Å². The Hall–Kier alpha value is -2.84. The summed E-state index contributed by atoms with van der Waals surface area (Å²) in [6, 6.07) is 17.0. The number of carbonyl (C=O) groups is 1. The Balaban J connectivity index is 1.68. The third-order valence-corrected chi connectivity index (χ3v) is 4.41. The van der Waals surface area contributed by atoms with E-state index in [4.69, 9.17) is 10.00 Å². The molecule has 1 aliphatic rings. The predicted octanol–water partition coefficient (Wildman–Crippen LogP) is 2.67. The molecule has 1 unspecified atom stereocenters. The smallest absolute Gasteiger partial charge is 0.314 e. The molecule has 0 radical (unpaired) electrons. The zero-order valence-corrected chi connectivity index (χ0v) is 13.2. The van der Waals surface area contributed by atoms with Gasteiger partial charge in [0, 0.05) is 6.54 Å². The minimum atomic E-state index is -0.841. The lowest BCUT2D eigenvalue weighted by atomic mass is 9.88. The number of hydrogen-bond donors (Lipinski definition) is 2. The SMILES string of the molecule is N#Cc1ccc(-c2ccc(OCC3(C(=O)O)CCNC3)cc2)cc1. The number of aliphatic carboxylic acids is 1. The molecule has 1 fully saturated rings. The largest absolute Gasteiger partial charge is 0.492 e. The van der Waals surface area contributed by atoms with Gasteiger partial charge in [0.2, 0.25) is 0 Å². The number of nitrogens with zero attached hydrogens (tertiary/aromatic N) is 1. The lowest BCUT2D eigenvalue weighted by molar-refractivity contribution is -0.149. The minimum Gasteiger partial charge on any atom is -0.492 e.